The molecule has 5 rings (SSSR count). The van der Waals surface area contributed by atoms with Crippen molar-refractivity contribution in [1.29, 1.82) is 0 Å². The highest BCUT2D eigenvalue weighted by molar-refractivity contribution is 5.91. The summed E-state index contributed by atoms with van der Waals surface area (Å²) in [4.78, 5) is 16.4. The summed E-state index contributed by atoms with van der Waals surface area (Å²) < 4.78 is 29.3. The number of ether oxygens (including phenoxy) is 4. The molecule has 3 heterocycles. The van der Waals surface area contributed by atoms with E-state index in [0.29, 0.717) is 23.4 Å². The number of β-amino-alcohol motifs (C(OH)–C–C–N with tert-alkyl or cyclic N) is 1. The Morgan fingerprint density at radius 1 is 1.09 bits per heavy atom. The smallest absolute Gasteiger partial charge is 0.239 e. The Kier molecular flexibility index (Phi) is 10.6. The van der Waals surface area contributed by atoms with Gasteiger partial charge in [-0.05, 0) is 77.4 Å². The van der Waals surface area contributed by atoms with E-state index in [2.05, 4.69) is 4.90 Å². The van der Waals surface area contributed by atoms with Crippen molar-refractivity contribution in [1.82, 2.24) is 4.90 Å². The zero-order chi connectivity index (χ0) is 33.1. The number of hydrogen-bond acceptors (Lipinski definition) is 12. The standard InChI is InChI=1S/C34H43NO11/c1-18(2)7-12-23-25(43-17-21(36)16-35-13-5-6-14-35)15-24(37)26-28(39)33(46-34-30(41)29(40)27(38)19(3)44-34)31(45-32(23)26)20-8-10-22(42-4)11-9-20/h7-11,15,19,21,27,29-30,34,36-38,40-41H,5-6,12-14,16-17H2,1-4H3/t19-,21-,27-,29+,30+,34-/m1/s1. The zero-order valence-electron chi connectivity index (χ0n) is 26.5. The van der Waals surface area contributed by atoms with Crippen LogP contribution < -0.4 is 19.6 Å². The number of rotatable bonds is 11. The quantitative estimate of drug-likeness (QED) is 0.194. The molecular weight excluding hydrogens is 598 g/mol. The van der Waals surface area contributed by atoms with Gasteiger partial charge in [-0.15, -0.1) is 0 Å². The summed E-state index contributed by atoms with van der Waals surface area (Å²) in [5.74, 6) is -0.0495. The van der Waals surface area contributed by atoms with Crippen LogP contribution in [0.25, 0.3) is 22.3 Å². The maximum absolute atomic E-state index is 14.2. The molecule has 2 aliphatic heterocycles. The van der Waals surface area contributed by atoms with Crippen LogP contribution in [0.1, 0.15) is 39.2 Å². The molecule has 0 unspecified atom stereocenters. The van der Waals surface area contributed by atoms with E-state index in [9.17, 15) is 30.3 Å². The molecule has 0 aliphatic carbocycles. The third kappa shape index (κ3) is 7.17. The van der Waals surface area contributed by atoms with Crippen LogP contribution in [-0.2, 0) is 11.2 Å². The minimum absolute atomic E-state index is 0.0340. The van der Waals surface area contributed by atoms with Gasteiger partial charge < -0.3 is 53.8 Å². The van der Waals surface area contributed by atoms with Gasteiger partial charge in [0.05, 0.1) is 13.2 Å². The summed E-state index contributed by atoms with van der Waals surface area (Å²) in [5, 5.41) is 52.9. The Hall–Kier alpha value is -3.65. The number of likely N-dealkylation sites (tertiary alicyclic amines) is 1. The molecule has 250 valence electrons. The number of aliphatic hydroxyl groups excluding tert-OH is 4. The van der Waals surface area contributed by atoms with Gasteiger partial charge in [-0.1, -0.05) is 11.6 Å². The molecule has 2 saturated heterocycles. The Morgan fingerprint density at radius 2 is 1.78 bits per heavy atom. The van der Waals surface area contributed by atoms with Gasteiger partial charge in [0.25, 0.3) is 0 Å². The summed E-state index contributed by atoms with van der Waals surface area (Å²) in [7, 11) is 1.52. The average Bonchev–Trinajstić information content (AvgIpc) is 3.54. The highest BCUT2D eigenvalue weighted by Crippen LogP contribution is 2.41. The van der Waals surface area contributed by atoms with E-state index in [4.69, 9.17) is 23.4 Å². The van der Waals surface area contributed by atoms with Crippen molar-refractivity contribution >= 4 is 11.0 Å². The summed E-state index contributed by atoms with van der Waals surface area (Å²) in [6.45, 7) is 7.61. The van der Waals surface area contributed by atoms with E-state index in [1.807, 2.05) is 19.9 Å². The lowest BCUT2D eigenvalue weighted by molar-refractivity contribution is -0.268. The van der Waals surface area contributed by atoms with Crippen LogP contribution >= 0.6 is 0 Å². The molecule has 2 aliphatic rings. The van der Waals surface area contributed by atoms with E-state index in [1.54, 1.807) is 24.3 Å². The third-order valence-corrected chi connectivity index (χ3v) is 8.37. The van der Waals surface area contributed by atoms with E-state index in [1.165, 1.54) is 20.1 Å². The van der Waals surface area contributed by atoms with Gasteiger partial charge in [0, 0.05) is 23.7 Å². The van der Waals surface area contributed by atoms with Crippen molar-refractivity contribution in [2.75, 3.05) is 33.4 Å². The first-order valence-corrected chi connectivity index (χ1v) is 15.5. The second-order valence-electron chi connectivity index (χ2n) is 12.2. The number of benzene rings is 2. The maximum atomic E-state index is 14.2. The van der Waals surface area contributed by atoms with Crippen LogP contribution in [0.5, 0.6) is 23.0 Å². The molecule has 12 heteroatoms. The van der Waals surface area contributed by atoms with Gasteiger partial charge in [-0.3, -0.25) is 4.79 Å². The highest BCUT2D eigenvalue weighted by atomic mass is 16.7. The molecule has 0 saturated carbocycles. The minimum Gasteiger partial charge on any atom is -0.507 e. The molecule has 2 aromatic carbocycles. The lowest BCUT2D eigenvalue weighted by Gasteiger charge is -2.38. The van der Waals surface area contributed by atoms with Gasteiger partial charge in [-0.2, -0.15) is 0 Å². The number of phenols is 1. The van der Waals surface area contributed by atoms with Gasteiger partial charge >= 0.3 is 0 Å². The normalized spacial score (nSPS) is 24.1. The summed E-state index contributed by atoms with van der Waals surface area (Å²) >= 11 is 0. The van der Waals surface area contributed by atoms with Crippen molar-refractivity contribution < 1.29 is 48.9 Å². The number of nitrogens with zero attached hydrogens (tertiary/aromatic N) is 1. The number of fused-ring (bicyclic) bond motifs is 1. The second-order valence-corrected chi connectivity index (χ2v) is 12.2. The molecule has 3 aromatic rings. The molecule has 0 radical (unpaired) electrons. The molecule has 0 amide bonds. The number of aromatic hydroxyl groups is 1. The van der Waals surface area contributed by atoms with Gasteiger partial charge in [0.2, 0.25) is 17.5 Å². The predicted octanol–water partition coefficient (Wildman–Crippen LogP) is 2.72. The molecule has 12 nitrogen and oxygen atoms in total. The number of methoxy groups -OCH3 is 1. The fraction of sp³-hybridized carbons (Fsp3) is 0.500. The van der Waals surface area contributed by atoms with E-state index >= 15 is 0 Å². The maximum Gasteiger partial charge on any atom is 0.239 e. The lowest BCUT2D eigenvalue weighted by Crippen LogP contribution is -2.58. The Balaban J connectivity index is 1.63. The first kappa shape index (κ1) is 33.7. The van der Waals surface area contributed by atoms with Crippen molar-refractivity contribution in [3.8, 4) is 34.3 Å². The molecule has 0 bridgehead atoms. The van der Waals surface area contributed by atoms with E-state index in [0.717, 1.165) is 31.5 Å². The predicted molar refractivity (Wildman–Crippen MR) is 169 cm³/mol. The number of hydrogen-bond donors (Lipinski definition) is 5. The molecular formula is C34H43NO11. The lowest BCUT2D eigenvalue weighted by atomic mass is 10.00. The van der Waals surface area contributed by atoms with Crippen LogP contribution in [-0.4, -0.2) is 101 Å². The van der Waals surface area contributed by atoms with E-state index < -0.39 is 48.0 Å². The third-order valence-electron chi connectivity index (χ3n) is 8.37. The molecule has 1 aromatic heterocycles. The van der Waals surface area contributed by atoms with Crippen molar-refractivity contribution in [2.45, 2.75) is 76.8 Å². The summed E-state index contributed by atoms with van der Waals surface area (Å²) in [6, 6.07) is 7.96. The van der Waals surface area contributed by atoms with Crippen molar-refractivity contribution in [3.05, 3.63) is 57.8 Å². The number of allylic oxidation sites excluding steroid dienone is 2. The number of aliphatic hydroxyl groups is 4. The Labute approximate surface area is 267 Å². The molecule has 46 heavy (non-hydrogen) atoms. The SMILES string of the molecule is COc1ccc(-c2oc3c(CC=C(C)C)c(OC[C@H](O)CN4CCCC4)cc(O)c3c(=O)c2O[C@H]2O[C@H](C)[C@@H](O)[C@H](O)[C@@H]2O)cc1. The first-order chi connectivity index (χ1) is 22.0. The topological polar surface area (TPSA) is 172 Å². The molecule has 6 atom stereocenters. The second kappa shape index (κ2) is 14.4. The fourth-order valence-electron chi connectivity index (χ4n) is 5.76. The Morgan fingerprint density at radius 3 is 2.43 bits per heavy atom. The summed E-state index contributed by atoms with van der Waals surface area (Å²) in [6.07, 6.45) is -3.53. The van der Waals surface area contributed by atoms with Crippen molar-refractivity contribution in [3.63, 3.8) is 0 Å². The molecule has 5 N–H and O–H groups in total. The highest BCUT2D eigenvalue weighted by Gasteiger charge is 2.44. The van der Waals surface area contributed by atoms with E-state index in [-0.39, 0.29) is 41.3 Å². The largest absolute Gasteiger partial charge is 0.507 e. The van der Waals surface area contributed by atoms with Crippen molar-refractivity contribution in [2.24, 2.45) is 0 Å². The minimum atomic E-state index is -1.70. The average molecular weight is 642 g/mol. The van der Waals surface area contributed by atoms with Gasteiger partial charge in [-0.25, -0.2) is 0 Å². The monoisotopic (exact) mass is 641 g/mol. The van der Waals surface area contributed by atoms with Crippen LogP contribution in [0.3, 0.4) is 0 Å². The summed E-state index contributed by atoms with van der Waals surface area (Å²) in [5.41, 5.74) is 1.18. The number of phenolic OH excluding ortho intramolecular Hbond substituents is 1. The molecule has 0 spiro atoms. The van der Waals surface area contributed by atoms with Gasteiger partial charge in [0.1, 0.15) is 59.2 Å². The van der Waals surface area contributed by atoms with Gasteiger partial charge in [0.15, 0.2) is 5.76 Å². The Bertz CT molecular complexity index is 1590. The van der Waals surface area contributed by atoms with Crippen LogP contribution in [0, 0.1) is 0 Å². The zero-order valence-corrected chi connectivity index (χ0v) is 26.5. The fourth-order valence-corrected chi connectivity index (χ4v) is 5.76. The first-order valence-electron chi connectivity index (χ1n) is 15.5. The van der Waals surface area contributed by atoms with Crippen LogP contribution in [0.15, 0.2) is 51.2 Å². The molecule has 2 fully saturated rings. The van der Waals surface area contributed by atoms with Crippen LogP contribution in [0.4, 0.5) is 0 Å². The van der Waals surface area contributed by atoms with Crippen LogP contribution in [0.2, 0.25) is 0 Å².